The largest absolute Gasteiger partial charge is 0.497 e. The summed E-state index contributed by atoms with van der Waals surface area (Å²) < 4.78 is 10.3. The molecule has 1 radical (unpaired) electrons. The van der Waals surface area contributed by atoms with Gasteiger partial charge in [0.15, 0.2) is 0 Å². The average molecular weight is 450 g/mol. The molecule has 0 saturated carbocycles. The number of carbonyl (C=O) groups is 1. The van der Waals surface area contributed by atoms with Gasteiger partial charge in [-0.2, -0.15) is 4.89 Å². The van der Waals surface area contributed by atoms with Gasteiger partial charge in [0.05, 0.1) is 20.8 Å². The first kappa shape index (κ1) is 28.3. The summed E-state index contributed by atoms with van der Waals surface area (Å²) in [5.74, 6) is 0.420. The lowest BCUT2D eigenvalue weighted by molar-refractivity contribution is -0.241. The van der Waals surface area contributed by atoms with Crippen molar-refractivity contribution in [3.8, 4) is 11.5 Å². The van der Waals surface area contributed by atoms with E-state index in [0.29, 0.717) is 18.1 Å². The van der Waals surface area contributed by atoms with Gasteiger partial charge in [0.2, 0.25) is 0 Å². The summed E-state index contributed by atoms with van der Waals surface area (Å²) in [5.41, 5.74) is 0.289. The molecule has 0 amide bonds. The number of methoxy groups -OCH3 is 2. The molecular weight excluding hydrogens is 404 g/mol. The van der Waals surface area contributed by atoms with Crippen LogP contribution in [-0.2, 0) is 9.78 Å². The number of rotatable bonds is 21. The quantitative estimate of drug-likeness (QED) is 0.109. The molecule has 0 saturated heterocycles. The van der Waals surface area contributed by atoms with E-state index >= 15 is 0 Å². The molecule has 0 aliphatic carbocycles. The first-order valence-electron chi connectivity index (χ1n) is 12.6. The fraction of sp³-hybridized carbons (Fsp3) is 0.704. The van der Waals surface area contributed by atoms with Gasteiger partial charge in [0, 0.05) is 0 Å². The highest BCUT2D eigenvalue weighted by molar-refractivity contribution is 5.92. The van der Waals surface area contributed by atoms with E-state index in [1.807, 2.05) is 0 Å². The minimum atomic E-state index is -0.574. The zero-order chi connectivity index (χ0) is 23.3. The van der Waals surface area contributed by atoms with Crippen LogP contribution in [-0.4, -0.2) is 26.8 Å². The molecule has 0 spiro atoms. The first-order chi connectivity index (χ1) is 15.7. The van der Waals surface area contributed by atoms with Crippen LogP contribution in [0.2, 0.25) is 0 Å². The molecule has 32 heavy (non-hydrogen) atoms. The Morgan fingerprint density at radius 3 is 1.69 bits per heavy atom. The van der Waals surface area contributed by atoms with Crippen molar-refractivity contribution in [3.05, 3.63) is 30.7 Å². The summed E-state index contributed by atoms with van der Waals surface area (Å²) in [6.45, 7) is 4.30. The second kappa shape index (κ2) is 19.9. The highest BCUT2D eigenvalue weighted by atomic mass is 17.2. The van der Waals surface area contributed by atoms with E-state index in [4.69, 9.17) is 19.2 Å². The molecule has 1 aromatic rings. The molecule has 183 valence electrons. The maximum Gasteiger partial charge on any atom is 0.376 e. The third-order valence-corrected chi connectivity index (χ3v) is 5.74. The van der Waals surface area contributed by atoms with Crippen molar-refractivity contribution in [2.24, 2.45) is 0 Å². The van der Waals surface area contributed by atoms with Crippen LogP contribution in [0.3, 0.4) is 0 Å². The summed E-state index contributed by atoms with van der Waals surface area (Å²) in [6, 6.07) is 4.98. The highest BCUT2D eigenvalue weighted by Gasteiger charge is 2.16. The van der Waals surface area contributed by atoms with Crippen molar-refractivity contribution >= 4 is 5.97 Å². The minimum absolute atomic E-state index is 0.289. The van der Waals surface area contributed by atoms with E-state index in [1.54, 1.807) is 25.3 Å². The van der Waals surface area contributed by atoms with Gasteiger partial charge in [0.1, 0.15) is 17.1 Å². The maximum atomic E-state index is 12.2. The van der Waals surface area contributed by atoms with Gasteiger partial charge in [-0.15, -0.1) is 0 Å². The van der Waals surface area contributed by atoms with E-state index < -0.39 is 5.97 Å². The molecule has 1 rings (SSSR count). The van der Waals surface area contributed by atoms with Crippen molar-refractivity contribution in [1.29, 1.82) is 0 Å². The topological polar surface area (TPSA) is 54.0 Å². The zero-order valence-electron chi connectivity index (χ0n) is 20.5. The number of benzene rings is 1. The van der Waals surface area contributed by atoms with Crippen LogP contribution in [0.4, 0.5) is 0 Å². The van der Waals surface area contributed by atoms with Crippen molar-refractivity contribution < 1.29 is 24.0 Å². The lowest BCUT2D eigenvalue weighted by Gasteiger charge is -2.09. The number of hydrogen-bond donors (Lipinski definition) is 0. The Labute approximate surface area is 196 Å². The Kier molecular flexibility index (Phi) is 17.6. The molecule has 0 atom stereocenters. The predicted molar refractivity (Wildman–Crippen MR) is 130 cm³/mol. The van der Waals surface area contributed by atoms with Gasteiger partial charge in [-0.1, -0.05) is 103 Å². The van der Waals surface area contributed by atoms with Crippen molar-refractivity contribution in [2.45, 2.75) is 103 Å². The third kappa shape index (κ3) is 13.6. The SMILES string of the molecule is [CH2]CCCCCCCCCCCCCCCCCOOC(=O)c1cc(OC)ccc1OC. The second-order valence-corrected chi connectivity index (χ2v) is 8.42. The number of hydrogen-bond acceptors (Lipinski definition) is 5. The Morgan fingerprint density at radius 2 is 1.22 bits per heavy atom. The standard InChI is InChI=1S/C27H45O5/c1-4-5-6-7-8-9-10-11-12-13-14-15-16-17-18-19-22-31-32-27(28)25-23-24(29-2)20-21-26(25)30-3/h20-21,23H,1,4-19,22H2,2-3H3. The van der Waals surface area contributed by atoms with Crippen LogP contribution in [0.15, 0.2) is 18.2 Å². The molecular formula is C27H45O5. The minimum Gasteiger partial charge on any atom is -0.497 e. The predicted octanol–water partition coefficient (Wildman–Crippen LogP) is 7.87. The molecule has 5 nitrogen and oxygen atoms in total. The van der Waals surface area contributed by atoms with Gasteiger partial charge < -0.3 is 9.47 Å². The Balaban J connectivity index is 1.91. The fourth-order valence-electron chi connectivity index (χ4n) is 3.75. The first-order valence-corrected chi connectivity index (χ1v) is 12.6. The summed E-state index contributed by atoms with van der Waals surface area (Å²) >= 11 is 0. The Hall–Kier alpha value is -1.75. The van der Waals surface area contributed by atoms with Crippen LogP contribution in [0, 0.1) is 6.92 Å². The molecule has 0 aliphatic rings. The molecule has 0 bridgehead atoms. The molecule has 0 unspecified atom stereocenters. The maximum absolute atomic E-state index is 12.2. The lowest BCUT2D eigenvalue weighted by Crippen LogP contribution is -2.09. The monoisotopic (exact) mass is 449 g/mol. The van der Waals surface area contributed by atoms with E-state index in [9.17, 15) is 4.79 Å². The van der Waals surface area contributed by atoms with Crippen LogP contribution >= 0.6 is 0 Å². The Morgan fingerprint density at radius 1 is 0.719 bits per heavy atom. The average Bonchev–Trinajstić information content (AvgIpc) is 2.82. The van der Waals surface area contributed by atoms with Crippen LogP contribution in [0.25, 0.3) is 0 Å². The highest BCUT2D eigenvalue weighted by Crippen LogP contribution is 2.24. The van der Waals surface area contributed by atoms with Gasteiger partial charge in [-0.05, 0) is 24.6 Å². The van der Waals surface area contributed by atoms with Crippen LogP contribution < -0.4 is 9.47 Å². The molecule has 5 heteroatoms. The molecule has 0 fully saturated rings. The zero-order valence-corrected chi connectivity index (χ0v) is 20.5. The molecule has 1 aromatic carbocycles. The summed E-state index contributed by atoms with van der Waals surface area (Å²) in [4.78, 5) is 22.2. The normalized spacial score (nSPS) is 10.8. The number of ether oxygens (including phenoxy) is 2. The molecule has 0 N–H and O–H groups in total. The van der Waals surface area contributed by atoms with Crippen molar-refractivity contribution in [3.63, 3.8) is 0 Å². The van der Waals surface area contributed by atoms with E-state index in [2.05, 4.69) is 6.92 Å². The molecule has 0 aliphatic heterocycles. The van der Waals surface area contributed by atoms with E-state index in [0.717, 1.165) is 19.3 Å². The lowest BCUT2D eigenvalue weighted by atomic mass is 10.0. The van der Waals surface area contributed by atoms with E-state index in [1.165, 1.54) is 90.6 Å². The number of carbonyl (C=O) groups excluding carboxylic acids is 1. The summed E-state index contributed by atoms with van der Waals surface area (Å²) in [5, 5.41) is 0. The third-order valence-electron chi connectivity index (χ3n) is 5.74. The molecule has 0 aromatic heterocycles. The van der Waals surface area contributed by atoms with Gasteiger partial charge in [-0.25, -0.2) is 4.79 Å². The van der Waals surface area contributed by atoms with Crippen LogP contribution in [0.1, 0.15) is 113 Å². The van der Waals surface area contributed by atoms with Crippen LogP contribution in [0.5, 0.6) is 11.5 Å². The van der Waals surface area contributed by atoms with Gasteiger partial charge in [-0.3, -0.25) is 4.89 Å². The fourth-order valence-corrected chi connectivity index (χ4v) is 3.75. The van der Waals surface area contributed by atoms with Crippen molar-refractivity contribution in [1.82, 2.24) is 0 Å². The second-order valence-electron chi connectivity index (χ2n) is 8.42. The van der Waals surface area contributed by atoms with Gasteiger partial charge >= 0.3 is 5.97 Å². The van der Waals surface area contributed by atoms with Gasteiger partial charge in [0.25, 0.3) is 0 Å². The Bertz CT molecular complexity index is 587. The van der Waals surface area contributed by atoms with E-state index in [-0.39, 0.29) is 5.56 Å². The molecule has 0 heterocycles. The van der Waals surface area contributed by atoms with Crippen molar-refractivity contribution in [2.75, 3.05) is 20.8 Å². The smallest absolute Gasteiger partial charge is 0.376 e. The number of unbranched alkanes of at least 4 members (excludes halogenated alkanes) is 15. The summed E-state index contributed by atoms with van der Waals surface area (Å²) in [6.07, 6.45) is 20.6. The summed E-state index contributed by atoms with van der Waals surface area (Å²) in [7, 11) is 3.05.